The third kappa shape index (κ3) is 2.99. The van der Waals surface area contributed by atoms with Crippen molar-refractivity contribution in [3.63, 3.8) is 0 Å². The summed E-state index contributed by atoms with van der Waals surface area (Å²) < 4.78 is 0. The Kier molecular flexibility index (Phi) is 4.28. The lowest BCUT2D eigenvalue weighted by Crippen LogP contribution is -2.10. The first-order valence-corrected chi connectivity index (χ1v) is 6.62. The molecule has 1 atom stereocenters. The van der Waals surface area contributed by atoms with Crippen LogP contribution in [0.3, 0.4) is 0 Å². The first-order chi connectivity index (χ1) is 8.72. The summed E-state index contributed by atoms with van der Waals surface area (Å²) in [6.07, 6.45) is 1.13. The summed E-state index contributed by atoms with van der Waals surface area (Å²) in [7, 11) is 0. The Balaban J connectivity index is 0.00000133. The third-order valence-corrected chi connectivity index (χ3v) is 4.10. The number of aromatic nitrogens is 2. The van der Waals surface area contributed by atoms with Gasteiger partial charge in [-0.05, 0) is 19.0 Å². The first kappa shape index (κ1) is 14.1. The SMILES string of the molecule is Cl.O=[N+]([O-])c1ccc2nc(S[C@@H]3CCNC3)[nH]c2c1. The van der Waals surface area contributed by atoms with Crippen molar-refractivity contribution >= 4 is 40.9 Å². The van der Waals surface area contributed by atoms with Crippen molar-refractivity contribution in [3.05, 3.63) is 28.3 Å². The van der Waals surface area contributed by atoms with Crippen LogP contribution < -0.4 is 5.32 Å². The van der Waals surface area contributed by atoms with Crippen LogP contribution in [0.15, 0.2) is 23.4 Å². The van der Waals surface area contributed by atoms with Crippen LogP contribution in [-0.4, -0.2) is 33.2 Å². The lowest BCUT2D eigenvalue weighted by Gasteiger charge is -2.03. The summed E-state index contributed by atoms with van der Waals surface area (Å²) in [6.45, 7) is 2.03. The Morgan fingerprint density at radius 1 is 1.47 bits per heavy atom. The number of hydrogen-bond donors (Lipinski definition) is 2. The highest BCUT2D eigenvalue weighted by atomic mass is 35.5. The van der Waals surface area contributed by atoms with Crippen LogP contribution in [0, 0.1) is 10.1 Å². The fraction of sp³-hybridized carbons (Fsp3) is 0.364. The number of hydrogen-bond acceptors (Lipinski definition) is 5. The van der Waals surface area contributed by atoms with Crippen LogP contribution >= 0.6 is 24.2 Å². The molecule has 2 heterocycles. The number of nitro groups is 1. The van der Waals surface area contributed by atoms with Gasteiger partial charge >= 0.3 is 0 Å². The van der Waals surface area contributed by atoms with E-state index in [4.69, 9.17) is 0 Å². The monoisotopic (exact) mass is 300 g/mol. The van der Waals surface area contributed by atoms with Crippen molar-refractivity contribution < 1.29 is 4.92 Å². The molecule has 1 aromatic carbocycles. The van der Waals surface area contributed by atoms with Crippen LogP contribution in [0.5, 0.6) is 0 Å². The number of nitro benzene ring substituents is 1. The summed E-state index contributed by atoms with van der Waals surface area (Å²) >= 11 is 1.69. The van der Waals surface area contributed by atoms with E-state index in [9.17, 15) is 10.1 Å². The van der Waals surface area contributed by atoms with Gasteiger partial charge in [-0.2, -0.15) is 0 Å². The Bertz CT molecular complexity index is 597. The van der Waals surface area contributed by atoms with E-state index in [1.807, 2.05) is 0 Å². The van der Waals surface area contributed by atoms with Gasteiger partial charge in [-0.1, -0.05) is 11.8 Å². The molecular weight excluding hydrogens is 288 g/mol. The number of H-pyrrole nitrogens is 1. The largest absolute Gasteiger partial charge is 0.333 e. The van der Waals surface area contributed by atoms with E-state index in [-0.39, 0.29) is 18.1 Å². The van der Waals surface area contributed by atoms with Gasteiger partial charge in [0.2, 0.25) is 0 Å². The van der Waals surface area contributed by atoms with Crippen molar-refractivity contribution in [2.45, 2.75) is 16.8 Å². The topological polar surface area (TPSA) is 83.8 Å². The van der Waals surface area contributed by atoms with E-state index in [1.54, 1.807) is 17.8 Å². The number of thioether (sulfide) groups is 1. The summed E-state index contributed by atoms with van der Waals surface area (Å²) in [5.74, 6) is 0. The number of nitrogens with zero attached hydrogens (tertiary/aromatic N) is 2. The summed E-state index contributed by atoms with van der Waals surface area (Å²) in [5, 5.41) is 15.3. The Morgan fingerprint density at radius 2 is 2.32 bits per heavy atom. The van der Waals surface area contributed by atoms with Crippen LogP contribution in [-0.2, 0) is 0 Å². The number of rotatable bonds is 3. The molecule has 6 nitrogen and oxygen atoms in total. The molecule has 0 amide bonds. The van der Waals surface area contributed by atoms with Crippen LogP contribution in [0.1, 0.15) is 6.42 Å². The third-order valence-electron chi connectivity index (χ3n) is 2.95. The molecular formula is C11H13ClN4O2S. The quantitative estimate of drug-likeness (QED) is 0.671. The number of aromatic amines is 1. The van der Waals surface area contributed by atoms with Crippen molar-refractivity contribution in [2.24, 2.45) is 0 Å². The highest BCUT2D eigenvalue weighted by molar-refractivity contribution is 7.99. The van der Waals surface area contributed by atoms with E-state index < -0.39 is 4.92 Å². The van der Waals surface area contributed by atoms with Crippen LogP contribution in [0.2, 0.25) is 0 Å². The Hall–Kier alpha value is -1.31. The maximum Gasteiger partial charge on any atom is 0.271 e. The van der Waals surface area contributed by atoms with Gasteiger partial charge in [-0.3, -0.25) is 10.1 Å². The lowest BCUT2D eigenvalue weighted by molar-refractivity contribution is -0.384. The molecule has 0 saturated carbocycles. The molecule has 2 N–H and O–H groups in total. The number of imidazole rings is 1. The van der Waals surface area contributed by atoms with E-state index in [0.717, 1.165) is 35.7 Å². The molecule has 1 aliphatic heterocycles. The zero-order valence-electron chi connectivity index (χ0n) is 9.96. The van der Waals surface area contributed by atoms with E-state index in [0.29, 0.717) is 5.25 Å². The van der Waals surface area contributed by atoms with Crippen LogP contribution in [0.4, 0.5) is 5.69 Å². The number of non-ortho nitro benzene ring substituents is 1. The van der Waals surface area contributed by atoms with Gasteiger partial charge in [0, 0.05) is 23.9 Å². The number of nitrogens with one attached hydrogen (secondary N) is 2. The Labute approximate surface area is 119 Å². The second-order valence-electron chi connectivity index (χ2n) is 4.23. The molecule has 8 heteroatoms. The molecule has 1 saturated heterocycles. The fourth-order valence-electron chi connectivity index (χ4n) is 2.03. The Morgan fingerprint density at radius 3 is 3.00 bits per heavy atom. The zero-order valence-corrected chi connectivity index (χ0v) is 11.6. The second kappa shape index (κ2) is 5.77. The normalized spacial score (nSPS) is 18.4. The van der Waals surface area contributed by atoms with Crippen molar-refractivity contribution in [1.29, 1.82) is 0 Å². The van der Waals surface area contributed by atoms with E-state index in [2.05, 4.69) is 15.3 Å². The summed E-state index contributed by atoms with van der Waals surface area (Å²) in [5.41, 5.74) is 1.58. The predicted octanol–water partition coefficient (Wildman–Crippen LogP) is 2.35. The smallest absolute Gasteiger partial charge is 0.271 e. The summed E-state index contributed by atoms with van der Waals surface area (Å²) in [4.78, 5) is 17.9. The molecule has 1 fully saturated rings. The highest BCUT2D eigenvalue weighted by Gasteiger charge is 2.18. The molecule has 0 spiro atoms. The molecule has 0 bridgehead atoms. The average Bonchev–Trinajstić information content (AvgIpc) is 2.96. The number of halogens is 1. The minimum absolute atomic E-state index is 0. The van der Waals surface area contributed by atoms with Gasteiger partial charge in [0.15, 0.2) is 5.16 Å². The standard InChI is InChI=1S/C11H12N4O2S.ClH/c16-15(17)7-1-2-9-10(5-7)14-11(13-9)18-8-3-4-12-6-8;/h1-2,5,8,12H,3-4,6H2,(H,13,14);1H/t8-;/m1./s1. The minimum atomic E-state index is -0.395. The average molecular weight is 301 g/mol. The van der Waals surface area contributed by atoms with Gasteiger partial charge in [0.25, 0.3) is 5.69 Å². The fourth-order valence-corrected chi connectivity index (χ4v) is 3.10. The van der Waals surface area contributed by atoms with Gasteiger partial charge < -0.3 is 10.3 Å². The molecule has 3 rings (SSSR count). The van der Waals surface area contributed by atoms with Crippen molar-refractivity contribution in [1.82, 2.24) is 15.3 Å². The van der Waals surface area contributed by atoms with Gasteiger partial charge in [0.05, 0.1) is 16.0 Å². The number of fused-ring (bicyclic) bond motifs is 1. The second-order valence-corrected chi connectivity index (χ2v) is 5.52. The minimum Gasteiger partial charge on any atom is -0.333 e. The maximum absolute atomic E-state index is 10.7. The molecule has 2 aromatic rings. The van der Waals surface area contributed by atoms with Gasteiger partial charge in [-0.15, -0.1) is 12.4 Å². The zero-order chi connectivity index (χ0) is 12.5. The summed E-state index contributed by atoms with van der Waals surface area (Å²) in [6, 6.07) is 4.69. The van der Waals surface area contributed by atoms with Crippen LogP contribution in [0.25, 0.3) is 11.0 Å². The van der Waals surface area contributed by atoms with Crippen molar-refractivity contribution in [2.75, 3.05) is 13.1 Å². The molecule has 1 aliphatic rings. The lowest BCUT2D eigenvalue weighted by atomic mass is 10.3. The maximum atomic E-state index is 10.7. The van der Waals surface area contributed by atoms with Gasteiger partial charge in [0.1, 0.15) is 0 Å². The molecule has 0 unspecified atom stereocenters. The van der Waals surface area contributed by atoms with Gasteiger partial charge in [-0.25, -0.2) is 4.98 Å². The molecule has 1 aromatic heterocycles. The first-order valence-electron chi connectivity index (χ1n) is 5.74. The van der Waals surface area contributed by atoms with Crippen molar-refractivity contribution in [3.8, 4) is 0 Å². The molecule has 0 radical (unpaired) electrons. The molecule has 102 valence electrons. The van der Waals surface area contributed by atoms with E-state index in [1.165, 1.54) is 12.1 Å². The van der Waals surface area contributed by atoms with E-state index >= 15 is 0 Å². The molecule has 19 heavy (non-hydrogen) atoms. The molecule has 0 aliphatic carbocycles. The highest BCUT2D eigenvalue weighted by Crippen LogP contribution is 2.27. The number of benzene rings is 1. The predicted molar refractivity (Wildman–Crippen MR) is 77.1 cm³/mol.